The van der Waals surface area contributed by atoms with Crippen LogP contribution in [0.3, 0.4) is 0 Å². The first-order valence-electron chi connectivity index (χ1n) is 7.53. The van der Waals surface area contributed by atoms with Crippen molar-refractivity contribution in [2.75, 3.05) is 13.6 Å². The maximum atomic E-state index is 11.3. The van der Waals surface area contributed by atoms with Crippen molar-refractivity contribution in [2.45, 2.75) is 44.0 Å². The van der Waals surface area contributed by atoms with Gasteiger partial charge >= 0.3 is 0 Å². The fourth-order valence-electron chi connectivity index (χ4n) is 2.00. The molecule has 0 spiro atoms. The van der Waals surface area contributed by atoms with Crippen molar-refractivity contribution >= 4 is 16.0 Å². The molecule has 0 heterocycles. The van der Waals surface area contributed by atoms with Gasteiger partial charge in [-0.3, -0.25) is 4.99 Å². The highest BCUT2D eigenvalue weighted by Gasteiger charge is 2.08. The van der Waals surface area contributed by atoms with Gasteiger partial charge in [-0.05, 0) is 24.1 Å². The average Bonchev–Trinajstić information content (AvgIpc) is 2.49. The van der Waals surface area contributed by atoms with Crippen molar-refractivity contribution in [3.8, 4) is 0 Å². The number of benzene rings is 1. The summed E-state index contributed by atoms with van der Waals surface area (Å²) < 4.78 is 22.7. The largest absolute Gasteiger partial charge is 0.356 e. The molecule has 0 aliphatic rings. The molecule has 0 atom stereocenters. The molecule has 0 bridgehead atoms. The molecule has 0 radical (unpaired) electrons. The van der Waals surface area contributed by atoms with Gasteiger partial charge in [-0.1, -0.05) is 38.3 Å². The van der Waals surface area contributed by atoms with Crippen LogP contribution < -0.4 is 15.8 Å². The Kier molecular flexibility index (Phi) is 7.90. The van der Waals surface area contributed by atoms with E-state index in [1.807, 2.05) is 6.07 Å². The van der Waals surface area contributed by atoms with Crippen LogP contribution in [0, 0.1) is 0 Å². The van der Waals surface area contributed by atoms with Crippen LogP contribution in [0.1, 0.15) is 38.2 Å². The van der Waals surface area contributed by atoms with E-state index in [1.54, 1.807) is 19.2 Å². The number of rotatable bonds is 8. The summed E-state index contributed by atoms with van der Waals surface area (Å²) in [5, 5.41) is 11.5. The molecule has 0 aromatic heterocycles. The number of guanidine groups is 1. The van der Waals surface area contributed by atoms with Crippen LogP contribution in [0.2, 0.25) is 0 Å². The smallest absolute Gasteiger partial charge is 0.238 e. The van der Waals surface area contributed by atoms with Gasteiger partial charge in [0.2, 0.25) is 10.0 Å². The highest BCUT2D eigenvalue weighted by molar-refractivity contribution is 7.89. The second kappa shape index (κ2) is 9.42. The number of hydrogen-bond donors (Lipinski definition) is 3. The third-order valence-electron chi connectivity index (χ3n) is 3.23. The minimum Gasteiger partial charge on any atom is -0.356 e. The molecule has 1 rings (SSSR count). The quantitative estimate of drug-likeness (QED) is 0.384. The van der Waals surface area contributed by atoms with Crippen molar-refractivity contribution in [2.24, 2.45) is 10.1 Å². The van der Waals surface area contributed by atoms with Crippen LogP contribution >= 0.6 is 0 Å². The lowest BCUT2D eigenvalue weighted by molar-refractivity contribution is 0.597. The second-order valence-corrected chi connectivity index (χ2v) is 6.67. The Labute approximate surface area is 133 Å². The average molecular weight is 326 g/mol. The van der Waals surface area contributed by atoms with Crippen LogP contribution in [0.4, 0.5) is 0 Å². The van der Waals surface area contributed by atoms with E-state index in [2.05, 4.69) is 22.5 Å². The van der Waals surface area contributed by atoms with Crippen molar-refractivity contribution in [1.82, 2.24) is 10.6 Å². The van der Waals surface area contributed by atoms with E-state index in [9.17, 15) is 8.42 Å². The molecule has 0 saturated carbocycles. The highest BCUT2D eigenvalue weighted by atomic mass is 32.2. The molecule has 0 saturated heterocycles. The van der Waals surface area contributed by atoms with Crippen molar-refractivity contribution in [3.63, 3.8) is 0 Å². The number of nitrogens with two attached hydrogens (primary N) is 1. The number of nitrogens with zero attached hydrogens (tertiary/aromatic N) is 1. The lowest BCUT2D eigenvalue weighted by Gasteiger charge is -2.12. The number of aliphatic imine (C=N–C) groups is 1. The molecule has 0 fully saturated rings. The Balaban J connectivity index is 2.47. The zero-order valence-corrected chi connectivity index (χ0v) is 14.1. The summed E-state index contributed by atoms with van der Waals surface area (Å²) in [6.07, 6.45) is 4.77. The van der Waals surface area contributed by atoms with Gasteiger partial charge in [-0.2, -0.15) is 0 Å². The predicted molar refractivity (Wildman–Crippen MR) is 90.2 cm³/mol. The van der Waals surface area contributed by atoms with Gasteiger partial charge in [-0.25, -0.2) is 13.6 Å². The number of sulfonamides is 1. The van der Waals surface area contributed by atoms with Crippen LogP contribution in [-0.2, 0) is 16.6 Å². The fraction of sp³-hybridized carbons (Fsp3) is 0.533. The van der Waals surface area contributed by atoms with Gasteiger partial charge in [0.15, 0.2) is 5.96 Å². The number of nitrogens with one attached hydrogen (secondary N) is 2. The lowest BCUT2D eigenvalue weighted by atomic mass is 10.2. The first-order chi connectivity index (χ1) is 10.5. The summed E-state index contributed by atoms with van der Waals surface area (Å²) in [4.78, 5) is 4.26. The summed E-state index contributed by atoms with van der Waals surface area (Å²) in [7, 11) is -1.96. The number of unbranched alkanes of at least 4 members (excludes halogenated alkanes) is 3. The summed E-state index contributed by atoms with van der Waals surface area (Å²) in [5.41, 5.74) is 0.834. The molecular formula is C15H26N4O2S. The van der Waals surface area contributed by atoms with Crippen LogP contribution in [0.15, 0.2) is 34.2 Å². The molecule has 0 aliphatic carbocycles. The van der Waals surface area contributed by atoms with Gasteiger partial charge in [0.25, 0.3) is 0 Å². The van der Waals surface area contributed by atoms with E-state index < -0.39 is 10.0 Å². The molecule has 1 aromatic rings. The normalized spacial score (nSPS) is 12.2. The minimum atomic E-state index is -3.67. The van der Waals surface area contributed by atoms with E-state index in [-0.39, 0.29) is 4.90 Å². The van der Waals surface area contributed by atoms with Crippen molar-refractivity contribution in [1.29, 1.82) is 0 Å². The molecule has 4 N–H and O–H groups in total. The molecule has 7 heteroatoms. The van der Waals surface area contributed by atoms with Gasteiger partial charge < -0.3 is 10.6 Å². The summed E-state index contributed by atoms with van der Waals surface area (Å²) in [5.74, 6) is 0.706. The summed E-state index contributed by atoms with van der Waals surface area (Å²) in [6, 6.07) is 6.57. The first kappa shape index (κ1) is 18.4. The fourth-order valence-corrected chi connectivity index (χ4v) is 2.58. The zero-order valence-electron chi connectivity index (χ0n) is 13.3. The molecule has 6 nitrogen and oxygen atoms in total. The number of hydrogen-bond acceptors (Lipinski definition) is 3. The van der Waals surface area contributed by atoms with Gasteiger partial charge in [0, 0.05) is 20.1 Å². The summed E-state index contributed by atoms with van der Waals surface area (Å²) >= 11 is 0. The maximum Gasteiger partial charge on any atom is 0.238 e. The zero-order chi connectivity index (χ0) is 16.4. The lowest BCUT2D eigenvalue weighted by Crippen LogP contribution is -2.37. The Morgan fingerprint density at radius 2 is 2.00 bits per heavy atom. The van der Waals surface area contributed by atoms with Crippen molar-refractivity contribution in [3.05, 3.63) is 29.8 Å². The van der Waals surface area contributed by atoms with E-state index in [0.29, 0.717) is 12.5 Å². The topological polar surface area (TPSA) is 96.6 Å². The predicted octanol–water partition coefficient (Wildman–Crippen LogP) is 1.58. The van der Waals surface area contributed by atoms with Gasteiger partial charge in [0.1, 0.15) is 0 Å². The Bertz CT molecular complexity index is 585. The standard InChI is InChI=1S/C15H26N4O2S/c1-3-4-5-6-10-18-15(17-2)19-12-13-8-7-9-14(11-13)22(16,20)21/h7-9,11H,3-6,10,12H2,1-2H3,(H2,16,20,21)(H2,17,18,19). The molecule has 1 aromatic carbocycles. The Morgan fingerprint density at radius 1 is 1.23 bits per heavy atom. The van der Waals surface area contributed by atoms with Gasteiger partial charge in [0.05, 0.1) is 4.90 Å². The Hall–Kier alpha value is -1.60. The van der Waals surface area contributed by atoms with E-state index in [1.165, 1.54) is 25.3 Å². The maximum absolute atomic E-state index is 11.3. The van der Waals surface area contributed by atoms with Crippen LogP contribution in [0.25, 0.3) is 0 Å². The third kappa shape index (κ3) is 6.91. The first-order valence-corrected chi connectivity index (χ1v) is 9.08. The molecular weight excluding hydrogens is 300 g/mol. The molecule has 124 valence electrons. The van der Waals surface area contributed by atoms with Crippen LogP contribution in [0.5, 0.6) is 0 Å². The summed E-state index contributed by atoms with van der Waals surface area (Å²) in [6.45, 7) is 3.54. The highest BCUT2D eigenvalue weighted by Crippen LogP contribution is 2.09. The SMILES string of the molecule is CCCCCCNC(=NC)NCc1cccc(S(N)(=O)=O)c1. The molecule has 0 aliphatic heterocycles. The van der Waals surface area contributed by atoms with Crippen molar-refractivity contribution < 1.29 is 8.42 Å². The van der Waals surface area contributed by atoms with Gasteiger partial charge in [-0.15, -0.1) is 0 Å². The molecule has 0 amide bonds. The third-order valence-corrected chi connectivity index (χ3v) is 4.14. The molecule has 22 heavy (non-hydrogen) atoms. The monoisotopic (exact) mass is 326 g/mol. The minimum absolute atomic E-state index is 0.120. The van der Waals surface area contributed by atoms with E-state index >= 15 is 0 Å². The van der Waals surface area contributed by atoms with E-state index in [4.69, 9.17) is 5.14 Å². The second-order valence-electron chi connectivity index (χ2n) is 5.11. The van der Waals surface area contributed by atoms with E-state index in [0.717, 1.165) is 18.5 Å². The number of primary sulfonamides is 1. The van der Waals surface area contributed by atoms with Crippen LogP contribution in [-0.4, -0.2) is 28.0 Å². The molecule has 0 unspecified atom stereocenters. The Morgan fingerprint density at radius 3 is 2.64 bits per heavy atom.